The van der Waals surface area contributed by atoms with Gasteiger partial charge in [-0.3, -0.25) is 4.98 Å². The van der Waals surface area contributed by atoms with Gasteiger partial charge in [0.25, 0.3) is 0 Å². The molecule has 1 aliphatic rings. The van der Waals surface area contributed by atoms with Gasteiger partial charge in [0.2, 0.25) is 0 Å². The van der Waals surface area contributed by atoms with E-state index in [0.29, 0.717) is 15.8 Å². The molecule has 4 aromatic rings. The number of halogens is 1. The minimum atomic E-state index is -0.244. The second-order valence-corrected chi connectivity index (χ2v) is 9.90. The SMILES string of the molecule is Cc1ccc(C)c(-n2c(C)cc([C@@H]3[C@@H](c4ccccn4)NC(=S)N3c3cc(Cl)ccc3O)c2C)c1. The highest BCUT2D eigenvalue weighted by molar-refractivity contribution is 7.80. The van der Waals surface area contributed by atoms with Crippen LogP contribution in [0.2, 0.25) is 5.02 Å². The van der Waals surface area contributed by atoms with Gasteiger partial charge < -0.3 is 19.9 Å². The lowest BCUT2D eigenvalue weighted by Crippen LogP contribution is -2.29. The van der Waals surface area contributed by atoms with E-state index in [0.717, 1.165) is 28.3 Å². The van der Waals surface area contributed by atoms with Crippen molar-refractivity contribution >= 4 is 34.6 Å². The van der Waals surface area contributed by atoms with Crippen molar-refractivity contribution in [1.29, 1.82) is 0 Å². The van der Waals surface area contributed by atoms with Crippen LogP contribution in [0.3, 0.4) is 0 Å². The van der Waals surface area contributed by atoms with Gasteiger partial charge in [-0.05, 0) is 99.1 Å². The maximum absolute atomic E-state index is 10.8. The van der Waals surface area contributed by atoms with Crippen molar-refractivity contribution in [2.45, 2.75) is 39.8 Å². The molecule has 7 heteroatoms. The van der Waals surface area contributed by atoms with E-state index >= 15 is 0 Å². The van der Waals surface area contributed by atoms with Crippen LogP contribution in [0, 0.1) is 27.7 Å². The summed E-state index contributed by atoms with van der Waals surface area (Å²) in [6, 6.07) is 19.2. The number of aryl methyl sites for hydroxylation is 3. The van der Waals surface area contributed by atoms with Crippen molar-refractivity contribution in [3.8, 4) is 11.4 Å². The molecule has 35 heavy (non-hydrogen) atoms. The van der Waals surface area contributed by atoms with E-state index in [1.54, 1.807) is 24.4 Å². The lowest BCUT2D eigenvalue weighted by atomic mass is 9.96. The van der Waals surface area contributed by atoms with Crippen molar-refractivity contribution in [3.63, 3.8) is 0 Å². The summed E-state index contributed by atoms with van der Waals surface area (Å²) < 4.78 is 2.30. The number of hydrogen-bond acceptors (Lipinski definition) is 3. The van der Waals surface area contributed by atoms with Gasteiger partial charge in [0, 0.05) is 28.3 Å². The molecule has 2 atom stereocenters. The Labute approximate surface area is 216 Å². The Balaban J connectivity index is 1.73. The lowest BCUT2D eigenvalue weighted by Gasteiger charge is -2.29. The Bertz CT molecular complexity index is 1430. The number of pyridine rings is 1. The molecule has 0 amide bonds. The molecule has 0 saturated carbocycles. The van der Waals surface area contributed by atoms with Crippen molar-refractivity contribution in [3.05, 3.63) is 106 Å². The number of hydrogen-bond donors (Lipinski definition) is 2. The minimum Gasteiger partial charge on any atom is -0.506 e. The summed E-state index contributed by atoms with van der Waals surface area (Å²) in [5.41, 5.74) is 8.35. The molecule has 0 unspecified atom stereocenters. The summed E-state index contributed by atoms with van der Waals surface area (Å²) >= 11 is 12.2. The number of phenols is 1. The van der Waals surface area contributed by atoms with E-state index in [1.807, 2.05) is 23.1 Å². The van der Waals surface area contributed by atoms with E-state index in [-0.39, 0.29) is 17.8 Å². The van der Waals surface area contributed by atoms with Crippen LogP contribution in [-0.2, 0) is 0 Å². The van der Waals surface area contributed by atoms with E-state index in [1.165, 1.54) is 11.1 Å². The molecule has 3 heterocycles. The number of nitrogens with zero attached hydrogens (tertiary/aromatic N) is 3. The van der Waals surface area contributed by atoms with Crippen LogP contribution in [0.4, 0.5) is 5.69 Å². The van der Waals surface area contributed by atoms with Gasteiger partial charge in [0.05, 0.1) is 23.5 Å². The summed E-state index contributed by atoms with van der Waals surface area (Å²) in [5, 5.41) is 15.3. The molecule has 1 aliphatic heterocycles. The van der Waals surface area contributed by atoms with Gasteiger partial charge in [0.1, 0.15) is 5.75 Å². The maximum atomic E-state index is 10.8. The van der Waals surface area contributed by atoms with Crippen LogP contribution < -0.4 is 10.2 Å². The Morgan fingerprint density at radius 3 is 2.51 bits per heavy atom. The highest BCUT2D eigenvalue weighted by atomic mass is 35.5. The molecule has 0 radical (unpaired) electrons. The summed E-state index contributed by atoms with van der Waals surface area (Å²) in [5.74, 6) is 0.119. The molecule has 2 aromatic heterocycles. The van der Waals surface area contributed by atoms with Crippen molar-refractivity contribution in [2.24, 2.45) is 0 Å². The summed E-state index contributed by atoms with van der Waals surface area (Å²) in [7, 11) is 0. The van der Waals surface area contributed by atoms with Crippen LogP contribution in [0.1, 0.15) is 45.9 Å². The highest BCUT2D eigenvalue weighted by Crippen LogP contribution is 2.46. The summed E-state index contributed by atoms with van der Waals surface area (Å²) in [4.78, 5) is 6.60. The molecule has 178 valence electrons. The number of nitrogens with one attached hydrogen (secondary N) is 1. The largest absolute Gasteiger partial charge is 0.506 e. The van der Waals surface area contributed by atoms with Gasteiger partial charge in [-0.1, -0.05) is 29.8 Å². The maximum Gasteiger partial charge on any atom is 0.174 e. The average Bonchev–Trinajstić information content (AvgIpc) is 3.33. The van der Waals surface area contributed by atoms with Crippen LogP contribution in [0.15, 0.2) is 66.9 Å². The molecular weight excluding hydrogens is 476 g/mol. The quantitative estimate of drug-likeness (QED) is 0.306. The van der Waals surface area contributed by atoms with Gasteiger partial charge >= 0.3 is 0 Å². The van der Waals surface area contributed by atoms with Crippen LogP contribution in [0.25, 0.3) is 5.69 Å². The number of benzene rings is 2. The third kappa shape index (κ3) is 4.07. The predicted molar refractivity (Wildman–Crippen MR) is 146 cm³/mol. The second kappa shape index (κ2) is 9.02. The van der Waals surface area contributed by atoms with E-state index in [9.17, 15) is 5.11 Å². The molecule has 0 bridgehead atoms. The highest BCUT2D eigenvalue weighted by Gasteiger charge is 2.43. The number of aromatic hydroxyl groups is 1. The zero-order chi connectivity index (χ0) is 24.9. The van der Waals surface area contributed by atoms with Gasteiger partial charge in [0.15, 0.2) is 5.11 Å². The fraction of sp³-hybridized carbons (Fsp3) is 0.214. The molecule has 2 aromatic carbocycles. The molecule has 1 saturated heterocycles. The van der Waals surface area contributed by atoms with Gasteiger partial charge in [-0.25, -0.2) is 0 Å². The normalized spacial score (nSPS) is 17.6. The Morgan fingerprint density at radius 2 is 1.77 bits per heavy atom. The van der Waals surface area contributed by atoms with Crippen LogP contribution in [0.5, 0.6) is 5.75 Å². The van der Waals surface area contributed by atoms with Crippen molar-refractivity contribution < 1.29 is 5.11 Å². The van der Waals surface area contributed by atoms with E-state index < -0.39 is 0 Å². The molecule has 1 fully saturated rings. The average molecular weight is 503 g/mol. The first kappa shape index (κ1) is 23.4. The Hall–Kier alpha value is -3.35. The van der Waals surface area contributed by atoms with Crippen molar-refractivity contribution in [2.75, 3.05) is 4.90 Å². The lowest BCUT2D eigenvalue weighted by molar-refractivity contribution is 0.472. The predicted octanol–water partition coefficient (Wildman–Crippen LogP) is 6.64. The topological polar surface area (TPSA) is 53.3 Å². The molecule has 5 rings (SSSR count). The summed E-state index contributed by atoms with van der Waals surface area (Å²) in [6.45, 7) is 8.50. The number of thiocarbonyl (C=S) groups is 1. The first-order valence-electron chi connectivity index (χ1n) is 11.5. The van der Waals surface area contributed by atoms with Crippen LogP contribution in [-0.4, -0.2) is 19.8 Å². The summed E-state index contributed by atoms with van der Waals surface area (Å²) in [6.07, 6.45) is 1.79. The van der Waals surface area contributed by atoms with Gasteiger partial charge in [-0.2, -0.15) is 0 Å². The molecule has 0 spiro atoms. The molecule has 0 aliphatic carbocycles. The number of aromatic nitrogens is 2. The first-order chi connectivity index (χ1) is 16.8. The smallest absolute Gasteiger partial charge is 0.174 e. The monoisotopic (exact) mass is 502 g/mol. The third-order valence-electron chi connectivity index (χ3n) is 6.69. The fourth-order valence-corrected chi connectivity index (χ4v) is 5.54. The zero-order valence-corrected chi connectivity index (χ0v) is 21.7. The Kier molecular flexibility index (Phi) is 6.03. The Morgan fingerprint density at radius 1 is 0.971 bits per heavy atom. The molecule has 5 nitrogen and oxygen atoms in total. The zero-order valence-electron chi connectivity index (χ0n) is 20.1. The van der Waals surface area contributed by atoms with Crippen molar-refractivity contribution in [1.82, 2.24) is 14.9 Å². The number of anilines is 1. The molecule has 2 N–H and O–H groups in total. The van der Waals surface area contributed by atoms with Crippen LogP contribution >= 0.6 is 23.8 Å². The standard InChI is InChI=1S/C28H27ClN4OS/c1-16-8-9-17(2)23(13-16)32-18(3)14-21(19(32)4)27-26(22-7-5-6-12-30-22)31-28(35)33(27)24-15-20(29)10-11-25(24)34/h5-15,26-27,34H,1-4H3,(H,31,35)/t26-,27-/m1/s1. The molecular formula is C28H27ClN4OS. The number of phenolic OH excluding ortho intramolecular Hbond substituents is 1. The fourth-order valence-electron chi connectivity index (χ4n) is 5.04. The third-order valence-corrected chi connectivity index (χ3v) is 7.24. The first-order valence-corrected chi connectivity index (χ1v) is 12.3. The van der Waals surface area contributed by atoms with E-state index in [4.69, 9.17) is 23.8 Å². The second-order valence-electron chi connectivity index (χ2n) is 9.08. The minimum absolute atomic E-state index is 0.119. The van der Waals surface area contributed by atoms with E-state index in [2.05, 4.69) is 66.8 Å². The van der Waals surface area contributed by atoms with Gasteiger partial charge in [-0.15, -0.1) is 0 Å². The number of rotatable bonds is 4.